The maximum Gasteiger partial charge on any atom is 0.115 e. The summed E-state index contributed by atoms with van der Waals surface area (Å²) in [6.45, 7) is 3.24. The number of phenolic OH excluding ortho intramolecular Hbond substituents is 1. The van der Waals surface area contributed by atoms with Crippen molar-refractivity contribution >= 4 is 0 Å². The Morgan fingerprint density at radius 3 is 2.74 bits per heavy atom. The first-order valence-electron chi connectivity index (χ1n) is 10.6. The molecule has 0 radical (unpaired) electrons. The molecular formula is C25H30O2. The second-order valence-corrected chi connectivity index (χ2v) is 9.21. The van der Waals surface area contributed by atoms with Crippen LogP contribution in [0.25, 0.3) is 0 Å². The molecule has 2 heteroatoms. The van der Waals surface area contributed by atoms with Crippen LogP contribution in [-0.4, -0.2) is 11.2 Å². The molecule has 5 atom stereocenters. The number of benzene rings is 2. The van der Waals surface area contributed by atoms with E-state index in [0.717, 1.165) is 24.9 Å². The van der Waals surface area contributed by atoms with Crippen LogP contribution in [0.4, 0.5) is 0 Å². The molecule has 0 amide bonds. The minimum atomic E-state index is 0.324. The van der Waals surface area contributed by atoms with Gasteiger partial charge >= 0.3 is 0 Å². The molecule has 2 fully saturated rings. The molecular weight excluding hydrogens is 332 g/mol. The summed E-state index contributed by atoms with van der Waals surface area (Å²) in [5, 5.41) is 9.85. The summed E-state index contributed by atoms with van der Waals surface area (Å²) >= 11 is 0. The molecule has 0 spiro atoms. The highest BCUT2D eigenvalue weighted by Crippen LogP contribution is 2.61. The monoisotopic (exact) mass is 362 g/mol. The molecule has 2 saturated carbocycles. The van der Waals surface area contributed by atoms with Gasteiger partial charge in [-0.1, -0.05) is 43.3 Å². The van der Waals surface area contributed by atoms with Crippen molar-refractivity contribution < 1.29 is 9.84 Å². The lowest BCUT2D eigenvalue weighted by atomic mass is 9.55. The topological polar surface area (TPSA) is 29.5 Å². The molecule has 0 aromatic heterocycles. The molecule has 2 nitrogen and oxygen atoms in total. The second kappa shape index (κ2) is 6.67. The van der Waals surface area contributed by atoms with Gasteiger partial charge in [0.15, 0.2) is 0 Å². The predicted molar refractivity (Wildman–Crippen MR) is 108 cm³/mol. The number of hydrogen-bond acceptors (Lipinski definition) is 2. The first-order valence-corrected chi connectivity index (χ1v) is 10.6. The highest BCUT2D eigenvalue weighted by molar-refractivity contribution is 5.40. The highest BCUT2D eigenvalue weighted by Gasteiger charge is 2.55. The van der Waals surface area contributed by atoms with Crippen molar-refractivity contribution in [3.8, 4) is 5.75 Å². The Morgan fingerprint density at radius 2 is 1.89 bits per heavy atom. The van der Waals surface area contributed by atoms with E-state index in [1.165, 1.54) is 48.8 Å². The average Bonchev–Trinajstić information content (AvgIpc) is 3.03. The van der Waals surface area contributed by atoms with Crippen LogP contribution in [0.15, 0.2) is 48.5 Å². The molecule has 0 aliphatic heterocycles. The summed E-state index contributed by atoms with van der Waals surface area (Å²) in [4.78, 5) is 0. The van der Waals surface area contributed by atoms with E-state index in [9.17, 15) is 5.11 Å². The van der Waals surface area contributed by atoms with Gasteiger partial charge < -0.3 is 9.84 Å². The lowest BCUT2D eigenvalue weighted by molar-refractivity contribution is -0.0707. The summed E-state index contributed by atoms with van der Waals surface area (Å²) in [5.41, 5.74) is 4.50. The molecule has 0 bridgehead atoms. The summed E-state index contributed by atoms with van der Waals surface area (Å²) in [6, 6.07) is 16.7. The maximum absolute atomic E-state index is 9.85. The molecule has 0 heterocycles. The fourth-order valence-corrected chi connectivity index (χ4v) is 6.57. The minimum Gasteiger partial charge on any atom is -0.508 e. The Kier molecular flexibility index (Phi) is 4.27. The number of fused-ring (bicyclic) bond motifs is 5. The lowest BCUT2D eigenvalue weighted by Crippen LogP contribution is -2.44. The lowest BCUT2D eigenvalue weighted by Gasteiger charge is -2.50. The Labute approximate surface area is 162 Å². The molecule has 3 aliphatic carbocycles. The molecule has 27 heavy (non-hydrogen) atoms. The first kappa shape index (κ1) is 17.3. The first-order chi connectivity index (χ1) is 13.1. The Bertz CT molecular complexity index is 814. The van der Waals surface area contributed by atoms with E-state index in [1.807, 2.05) is 12.1 Å². The average molecular weight is 363 g/mol. The summed E-state index contributed by atoms with van der Waals surface area (Å²) < 4.78 is 6.49. The molecule has 1 N–H and O–H groups in total. The van der Waals surface area contributed by atoms with Crippen LogP contribution in [0.1, 0.15) is 61.6 Å². The fourth-order valence-electron chi connectivity index (χ4n) is 6.57. The smallest absolute Gasteiger partial charge is 0.115 e. The van der Waals surface area contributed by atoms with Gasteiger partial charge in [-0.15, -0.1) is 0 Å². The number of hydrogen-bond donors (Lipinski definition) is 1. The van der Waals surface area contributed by atoms with Crippen molar-refractivity contribution in [1.29, 1.82) is 0 Å². The van der Waals surface area contributed by atoms with Gasteiger partial charge in [-0.25, -0.2) is 0 Å². The van der Waals surface area contributed by atoms with Gasteiger partial charge in [0.05, 0.1) is 12.7 Å². The zero-order valence-corrected chi connectivity index (χ0v) is 16.2. The van der Waals surface area contributed by atoms with E-state index in [-0.39, 0.29) is 0 Å². The number of aromatic hydroxyl groups is 1. The highest BCUT2D eigenvalue weighted by atomic mass is 16.5. The predicted octanol–water partition coefficient (Wildman–Crippen LogP) is 5.83. The number of aryl methyl sites for hydroxylation is 1. The Hall–Kier alpha value is -1.80. The van der Waals surface area contributed by atoms with Gasteiger partial charge in [0.1, 0.15) is 5.75 Å². The van der Waals surface area contributed by atoms with Gasteiger partial charge in [-0.2, -0.15) is 0 Å². The molecule has 0 saturated heterocycles. The molecule has 3 aliphatic rings. The third-order valence-electron chi connectivity index (χ3n) is 7.92. The molecule has 5 rings (SSSR count). The van der Waals surface area contributed by atoms with E-state index in [2.05, 4.69) is 43.3 Å². The van der Waals surface area contributed by atoms with Crippen molar-refractivity contribution in [2.24, 2.45) is 17.3 Å². The van der Waals surface area contributed by atoms with Crippen LogP contribution in [0, 0.1) is 17.3 Å². The SMILES string of the molecule is C[C@]12CC[C@@H]3c4ccc(O)cc4CC[C@H]3[C@@H]1CC[C@@H]2OCc1ccccc1. The third-order valence-corrected chi connectivity index (χ3v) is 7.92. The Morgan fingerprint density at radius 1 is 1.04 bits per heavy atom. The molecule has 2 aromatic rings. The van der Waals surface area contributed by atoms with Gasteiger partial charge in [-0.3, -0.25) is 0 Å². The number of rotatable bonds is 3. The van der Waals surface area contributed by atoms with Crippen LogP contribution in [0.2, 0.25) is 0 Å². The number of phenols is 1. The van der Waals surface area contributed by atoms with Gasteiger partial charge in [0, 0.05) is 0 Å². The summed E-state index contributed by atoms with van der Waals surface area (Å²) in [6.07, 6.45) is 7.83. The van der Waals surface area contributed by atoms with E-state index < -0.39 is 0 Å². The van der Waals surface area contributed by atoms with E-state index >= 15 is 0 Å². The molecule has 142 valence electrons. The van der Waals surface area contributed by atoms with Crippen molar-refractivity contribution in [1.82, 2.24) is 0 Å². The van der Waals surface area contributed by atoms with Gasteiger partial charge in [0.25, 0.3) is 0 Å². The van der Waals surface area contributed by atoms with Gasteiger partial charge in [-0.05, 0) is 90.5 Å². The van der Waals surface area contributed by atoms with Crippen LogP contribution < -0.4 is 0 Å². The quantitative estimate of drug-likeness (QED) is 0.744. The van der Waals surface area contributed by atoms with Crippen molar-refractivity contribution in [3.05, 3.63) is 65.2 Å². The summed E-state index contributed by atoms with van der Waals surface area (Å²) in [5.74, 6) is 2.66. The van der Waals surface area contributed by atoms with Gasteiger partial charge in [0.2, 0.25) is 0 Å². The Balaban J connectivity index is 1.34. The summed E-state index contributed by atoms with van der Waals surface area (Å²) in [7, 11) is 0. The van der Waals surface area contributed by atoms with E-state index in [0.29, 0.717) is 23.2 Å². The van der Waals surface area contributed by atoms with Crippen molar-refractivity contribution in [2.45, 2.75) is 64.1 Å². The largest absolute Gasteiger partial charge is 0.508 e. The normalized spacial score (nSPS) is 34.6. The van der Waals surface area contributed by atoms with E-state index in [1.54, 1.807) is 0 Å². The maximum atomic E-state index is 9.85. The second-order valence-electron chi connectivity index (χ2n) is 9.21. The van der Waals surface area contributed by atoms with Crippen LogP contribution in [-0.2, 0) is 17.8 Å². The number of ether oxygens (including phenoxy) is 1. The molecule has 0 unspecified atom stereocenters. The van der Waals surface area contributed by atoms with Crippen LogP contribution >= 0.6 is 0 Å². The zero-order valence-electron chi connectivity index (χ0n) is 16.2. The van der Waals surface area contributed by atoms with Crippen LogP contribution in [0.3, 0.4) is 0 Å². The van der Waals surface area contributed by atoms with E-state index in [4.69, 9.17) is 4.74 Å². The minimum absolute atomic E-state index is 0.324. The van der Waals surface area contributed by atoms with Crippen molar-refractivity contribution in [3.63, 3.8) is 0 Å². The standard InChI is InChI=1S/C25H30O2/c1-25-14-13-21-20-10-8-19(26)15-18(20)7-9-22(21)23(25)11-12-24(25)27-16-17-5-3-2-4-6-17/h2-6,8,10,15,21-24,26H,7,9,11-14,16H2,1H3/t21-,22-,23+,24+,25+/m1/s1. The zero-order chi connectivity index (χ0) is 18.4. The van der Waals surface area contributed by atoms with Crippen LogP contribution in [0.5, 0.6) is 5.75 Å². The third kappa shape index (κ3) is 2.89. The van der Waals surface area contributed by atoms with Crippen molar-refractivity contribution in [2.75, 3.05) is 0 Å². The fraction of sp³-hybridized carbons (Fsp3) is 0.520. The molecule has 2 aromatic carbocycles.